The molecular formula is C9H10BrN3O. The van der Waals surface area contributed by atoms with E-state index in [9.17, 15) is 0 Å². The van der Waals surface area contributed by atoms with Gasteiger partial charge in [-0.15, -0.1) is 0 Å². The van der Waals surface area contributed by atoms with Gasteiger partial charge in [0.05, 0.1) is 11.8 Å². The molecule has 0 atom stereocenters. The van der Waals surface area contributed by atoms with Crippen molar-refractivity contribution in [2.24, 2.45) is 5.11 Å². The second-order valence-electron chi connectivity index (χ2n) is 2.97. The summed E-state index contributed by atoms with van der Waals surface area (Å²) in [6.45, 7) is 3.83. The van der Waals surface area contributed by atoms with Crippen LogP contribution in [-0.2, 0) is 0 Å². The van der Waals surface area contributed by atoms with E-state index in [0.717, 1.165) is 4.47 Å². The molecule has 0 aromatic heterocycles. The summed E-state index contributed by atoms with van der Waals surface area (Å²) in [5.74, 6) is 0.590. The number of hydrogen-bond acceptors (Lipinski definition) is 2. The van der Waals surface area contributed by atoms with Crippen LogP contribution in [0.2, 0.25) is 0 Å². The van der Waals surface area contributed by atoms with Crippen molar-refractivity contribution in [1.82, 2.24) is 0 Å². The Bertz CT molecular complexity index is 372. The molecule has 0 fully saturated rings. The minimum Gasteiger partial charge on any atom is -0.490 e. The number of halogens is 1. The molecule has 0 N–H and O–H groups in total. The van der Waals surface area contributed by atoms with Crippen LogP contribution in [0.25, 0.3) is 10.4 Å². The normalized spacial score (nSPS) is 9.71. The first-order valence-electron chi connectivity index (χ1n) is 4.15. The van der Waals surface area contributed by atoms with Crippen LogP contribution < -0.4 is 4.74 Å². The van der Waals surface area contributed by atoms with Crippen molar-refractivity contribution in [3.05, 3.63) is 33.1 Å². The monoisotopic (exact) mass is 255 g/mol. The van der Waals surface area contributed by atoms with Gasteiger partial charge >= 0.3 is 0 Å². The Kier molecular flexibility index (Phi) is 3.80. The minimum absolute atomic E-state index is 0.0527. The SMILES string of the molecule is CC(C)Oc1cc(Br)ccc1N=[N+]=[N-]. The molecule has 0 saturated heterocycles. The Morgan fingerprint density at radius 3 is 2.79 bits per heavy atom. The van der Waals surface area contributed by atoms with Crippen LogP contribution in [0, 0.1) is 0 Å². The second-order valence-corrected chi connectivity index (χ2v) is 3.88. The highest BCUT2D eigenvalue weighted by atomic mass is 79.9. The fourth-order valence-corrected chi connectivity index (χ4v) is 1.31. The summed E-state index contributed by atoms with van der Waals surface area (Å²) in [5, 5.41) is 3.54. The van der Waals surface area contributed by atoms with E-state index in [-0.39, 0.29) is 6.10 Å². The lowest BCUT2D eigenvalue weighted by Crippen LogP contribution is -2.05. The highest BCUT2D eigenvalue weighted by Crippen LogP contribution is 2.31. The van der Waals surface area contributed by atoms with Crippen molar-refractivity contribution in [3.63, 3.8) is 0 Å². The number of rotatable bonds is 3. The Morgan fingerprint density at radius 2 is 2.21 bits per heavy atom. The summed E-state index contributed by atoms with van der Waals surface area (Å²) >= 11 is 3.32. The van der Waals surface area contributed by atoms with Gasteiger partial charge in [0.2, 0.25) is 0 Å². The molecule has 0 bridgehead atoms. The molecule has 4 nitrogen and oxygen atoms in total. The van der Waals surface area contributed by atoms with E-state index in [2.05, 4.69) is 26.0 Å². The molecule has 0 unspecified atom stereocenters. The third-order valence-electron chi connectivity index (χ3n) is 1.44. The quantitative estimate of drug-likeness (QED) is 0.454. The van der Waals surface area contributed by atoms with E-state index in [0.29, 0.717) is 11.4 Å². The standard InChI is InChI=1S/C9H10BrN3O/c1-6(2)14-9-5-7(10)3-4-8(9)12-13-11/h3-6H,1-2H3. The first-order chi connectivity index (χ1) is 6.63. The molecule has 1 aromatic carbocycles. The van der Waals surface area contributed by atoms with Gasteiger partial charge in [-0.1, -0.05) is 21.0 Å². The first kappa shape index (κ1) is 10.9. The van der Waals surface area contributed by atoms with Crippen molar-refractivity contribution >= 4 is 21.6 Å². The smallest absolute Gasteiger partial charge is 0.130 e. The van der Waals surface area contributed by atoms with Crippen LogP contribution in [0.1, 0.15) is 13.8 Å². The van der Waals surface area contributed by atoms with Crippen LogP contribution >= 0.6 is 15.9 Å². The number of azide groups is 1. The number of nitrogens with zero attached hydrogens (tertiary/aromatic N) is 3. The van der Waals surface area contributed by atoms with E-state index in [1.165, 1.54) is 0 Å². The third kappa shape index (κ3) is 2.94. The average Bonchev–Trinajstić information content (AvgIpc) is 2.09. The number of hydrogen-bond donors (Lipinski definition) is 0. The maximum absolute atomic E-state index is 8.34. The second kappa shape index (κ2) is 4.88. The van der Waals surface area contributed by atoms with Gasteiger partial charge in [0.25, 0.3) is 0 Å². The summed E-state index contributed by atoms with van der Waals surface area (Å²) in [4.78, 5) is 2.73. The summed E-state index contributed by atoms with van der Waals surface area (Å²) in [6.07, 6.45) is 0.0527. The molecule has 0 amide bonds. The fraction of sp³-hybridized carbons (Fsp3) is 0.333. The zero-order chi connectivity index (χ0) is 10.6. The summed E-state index contributed by atoms with van der Waals surface area (Å²) < 4.78 is 6.38. The molecule has 0 heterocycles. The van der Waals surface area contributed by atoms with Gasteiger partial charge < -0.3 is 4.74 Å². The van der Waals surface area contributed by atoms with E-state index in [4.69, 9.17) is 10.3 Å². The lowest BCUT2D eigenvalue weighted by Gasteiger charge is -2.11. The molecule has 0 aliphatic heterocycles. The molecule has 0 radical (unpaired) electrons. The average molecular weight is 256 g/mol. The van der Waals surface area contributed by atoms with Crippen molar-refractivity contribution in [2.75, 3.05) is 0 Å². The van der Waals surface area contributed by atoms with Gasteiger partial charge in [-0.2, -0.15) is 0 Å². The van der Waals surface area contributed by atoms with Crippen molar-refractivity contribution < 1.29 is 4.74 Å². The van der Waals surface area contributed by atoms with Crippen molar-refractivity contribution in [1.29, 1.82) is 0 Å². The molecule has 5 heteroatoms. The van der Waals surface area contributed by atoms with E-state index >= 15 is 0 Å². The summed E-state index contributed by atoms with van der Waals surface area (Å²) in [5.41, 5.74) is 8.84. The highest BCUT2D eigenvalue weighted by molar-refractivity contribution is 9.10. The summed E-state index contributed by atoms with van der Waals surface area (Å²) in [6, 6.07) is 5.29. The molecule has 1 rings (SSSR count). The fourth-order valence-electron chi connectivity index (χ4n) is 0.967. The molecular weight excluding hydrogens is 246 g/mol. The van der Waals surface area contributed by atoms with E-state index < -0.39 is 0 Å². The van der Waals surface area contributed by atoms with Crippen LogP contribution in [-0.4, -0.2) is 6.10 Å². The van der Waals surface area contributed by atoms with Crippen LogP contribution in [0.3, 0.4) is 0 Å². The molecule has 0 saturated carbocycles. The Hall–Kier alpha value is -1.19. The zero-order valence-corrected chi connectivity index (χ0v) is 9.52. The largest absolute Gasteiger partial charge is 0.490 e. The Balaban J connectivity index is 3.08. The lowest BCUT2D eigenvalue weighted by molar-refractivity contribution is 0.243. The van der Waals surface area contributed by atoms with E-state index in [1.807, 2.05) is 13.8 Å². The van der Waals surface area contributed by atoms with Gasteiger partial charge in [-0.05, 0) is 37.6 Å². The number of ether oxygens (including phenoxy) is 1. The topological polar surface area (TPSA) is 58.0 Å². The predicted octanol–water partition coefficient (Wildman–Crippen LogP) is 4.18. The highest BCUT2D eigenvalue weighted by Gasteiger charge is 2.04. The van der Waals surface area contributed by atoms with Gasteiger partial charge in [0.1, 0.15) is 5.75 Å². The molecule has 0 aliphatic rings. The van der Waals surface area contributed by atoms with Crippen LogP contribution in [0.5, 0.6) is 5.75 Å². The molecule has 0 aliphatic carbocycles. The van der Waals surface area contributed by atoms with Gasteiger partial charge in [0, 0.05) is 9.38 Å². The maximum atomic E-state index is 8.34. The first-order valence-corrected chi connectivity index (χ1v) is 4.94. The predicted molar refractivity (Wildman–Crippen MR) is 58.7 cm³/mol. The van der Waals surface area contributed by atoms with E-state index in [1.54, 1.807) is 18.2 Å². The zero-order valence-electron chi connectivity index (χ0n) is 7.94. The third-order valence-corrected chi connectivity index (χ3v) is 1.93. The molecule has 0 spiro atoms. The Morgan fingerprint density at radius 1 is 1.50 bits per heavy atom. The van der Waals surface area contributed by atoms with Crippen LogP contribution in [0.15, 0.2) is 27.8 Å². The summed E-state index contributed by atoms with van der Waals surface area (Å²) in [7, 11) is 0. The lowest BCUT2D eigenvalue weighted by atomic mass is 10.3. The molecule has 14 heavy (non-hydrogen) atoms. The minimum atomic E-state index is 0.0527. The molecule has 1 aromatic rings. The Labute approximate surface area is 90.6 Å². The maximum Gasteiger partial charge on any atom is 0.130 e. The van der Waals surface area contributed by atoms with Crippen LogP contribution in [0.4, 0.5) is 5.69 Å². The van der Waals surface area contributed by atoms with Gasteiger partial charge in [0.15, 0.2) is 0 Å². The van der Waals surface area contributed by atoms with Crippen molar-refractivity contribution in [2.45, 2.75) is 20.0 Å². The van der Waals surface area contributed by atoms with Gasteiger partial charge in [-0.3, -0.25) is 0 Å². The molecule has 74 valence electrons. The van der Waals surface area contributed by atoms with Gasteiger partial charge in [-0.25, -0.2) is 0 Å². The van der Waals surface area contributed by atoms with Crippen molar-refractivity contribution in [3.8, 4) is 5.75 Å². The number of benzene rings is 1.